The van der Waals surface area contributed by atoms with Gasteiger partial charge in [-0.25, -0.2) is 0 Å². The molecule has 0 aliphatic rings. The minimum Gasteiger partial charge on any atom is -0.375 e. The SMILES string of the molecule is Clc1ccc(COCCNCc2ccccn2)cc1. The molecule has 0 aliphatic heterocycles. The minimum atomic E-state index is 0.614. The second-order valence-electron chi connectivity index (χ2n) is 4.18. The molecule has 0 bridgehead atoms. The fraction of sp³-hybridized carbons (Fsp3) is 0.267. The fourth-order valence-corrected chi connectivity index (χ4v) is 1.76. The maximum atomic E-state index is 5.82. The van der Waals surface area contributed by atoms with Crippen molar-refractivity contribution in [3.8, 4) is 0 Å². The van der Waals surface area contributed by atoms with Crippen LogP contribution in [0.3, 0.4) is 0 Å². The second-order valence-corrected chi connectivity index (χ2v) is 4.61. The molecule has 0 saturated carbocycles. The smallest absolute Gasteiger partial charge is 0.0717 e. The third-order valence-electron chi connectivity index (χ3n) is 2.64. The summed E-state index contributed by atoms with van der Waals surface area (Å²) in [6.07, 6.45) is 1.80. The van der Waals surface area contributed by atoms with Crippen LogP contribution in [0.25, 0.3) is 0 Å². The summed E-state index contributed by atoms with van der Waals surface area (Å²) >= 11 is 5.82. The quantitative estimate of drug-likeness (QED) is 0.790. The zero-order valence-electron chi connectivity index (χ0n) is 10.7. The highest BCUT2D eigenvalue weighted by Gasteiger charge is 1.95. The van der Waals surface area contributed by atoms with E-state index in [4.69, 9.17) is 16.3 Å². The zero-order chi connectivity index (χ0) is 13.3. The van der Waals surface area contributed by atoms with Gasteiger partial charge in [-0.15, -0.1) is 0 Å². The molecule has 1 aromatic carbocycles. The van der Waals surface area contributed by atoms with Gasteiger partial charge in [-0.2, -0.15) is 0 Å². The van der Waals surface area contributed by atoms with Crippen molar-refractivity contribution in [1.82, 2.24) is 10.3 Å². The maximum absolute atomic E-state index is 5.82. The molecule has 0 spiro atoms. The van der Waals surface area contributed by atoms with Gasteiger partial charge in [0.05, 0.1) is 18.9 Å². The third-order valence-corrected chi connectivity index (χ3v) is 2.89. The van der Waals surface area contributed by atoms with Gasteiger partial charge >= 0.3 is 0 Å². The van der Waals surface area contributed by atoms with Crippen LogP contribution in [0.5, 0.6) is 0 Å². The number of halogens is 1. The van der Waals surface area contributed by atoms with Crippen molar-refractivity contribution < 1.29 is 4.74 Å². The first kappa shape index (κ1) is 14.0. The Labute approximate surface area is 118 Å². The summed E-state index contributed by atoms with van der Waals surface area (Å²) in [4.78, 5) is 4.24. The largest absolute Gasteiger partial charge is 0.375 e. The van der Waals surface area contributed by atoms with E-state index in [9.17, 15) is 0 Å². The second kappa shape index (κ2) is 7.89. The summed E-state index contributed by atoms with van der Waals surface area (Å²) in [5.41, 5.74) is 2.18. The Hall–Kier alpha value is -1.42. The van der Waals surface area contributed by atoms with Crippen molar-refractivity contribution in [2.24, 2.45) is 0 Å². The summed E-state index contributed by atoms with van der Waals surface area (Å²) in [5, 5.41) is 4.04. The lowest BCUT2D eigenvalue weighted by Gasteiger charge is -2.06. The van der Waals surface area contributed by atoms with Crippen LogP contribution < -0.4 is 5.32 Å². The maximum Gasteiger partial charge on any atom is 0.0717 e. The predicted molar refractivity (Wildman–Crippen MR) is 77.1 cm³/mol. The lowest BCUT2D eigenvalue weighted by atomic mass is 10.2. The van der Waals surface area contributed by atoms with E-state index in [1.54, 1.807) is 6.20 Å². The summed E-state index contributed by atoms with van der Waals surface area (Å²) in [6.45, 7) is 2.87. The van der Waals surface area contributed by atoms with Crippen molar-refractivity contribution in [1.29, 1.82) is 0 Å². The van der Waals surface area contributed by atoms with E-state index in [-0.39, 0.29) is 0 Å². The number of ether oxygens (including phenoxy) is 1. The van der Waals surface area contributed by atoms with Crippen LogP contribution in [0, 0.1) is 0 Å². The molecule has 0 amide bonds. The van der Waals surface area contributed by atoms with E-state index in [1.165, 1.54) is 0 Å². The lowest BCUT2D eigenvalue weighted by Crippen LogP contribution is -2.19. The first-order chi connectivity index (χ1) is 9.34. The van der Waals surface area contributed by atoms with Gasteiger partial charge in [0.1, 0.15) is 0 Å². The molecule has 0 unspecified atom stereocenters. The van der Waals surface area contributed by atoms with E-state index in [0.717, 1.165) is 29.4 Å². The Bertz CT molecular complexity index is 473. The Morgan fingerprint density at radius 2 is 1.95 bits per heavy atom. The van der Waals surface area contributed by atoms with Gasteiger partial charge in [0.15, 0.2) is 0 Å². The fourth-order valence-electron chi connectivity index (χ4n) is 1.63. The van der Waals surface area contributed by atoms with E-state index < -0.39 is 0 Å². The topological polar surface area (TPSA) is 34.1 Å². The van der Waals surface area contributed by atoms with Crippen molar-refractivity contribution in [3.05, 3.63) is 64.9 Å². The number of nitrogens with one attached hydrogen (secondary N) is 1. The van der Waals surface area contributed by atoms with Crippen LogP contribution in [0.1, 0.15) is 11.3 Å². The summed E-state index contributed by atoms with van der Waals surface area (Å²) in [5.74, 6) is 0. The Morgan fingerprint density at radius 1 is 1.11 bits per heavy atom. The highest BCUT2D eigenvalue weighted by molar-refractivity contribution is 6.30. The first-order valence-electron chi connectivity index (χ1n) is 6.27. The molecule has 1 aromatic heterocycles. The molecule has 0 atom stereocenters. The van der Waals surface area contributed by atoms with E-state index in [2.05, 4.69) is 10.3 Å². The lowest BCUT2D eigenvalue weighted by molar-refractivity contribution is 0.122. The number of hydrogen-bond donors (Lipinski definition) is 1. The Kier molecular flexibility index (Phi) is 5.82. The van der Waals surface area contributed by atoms with Crippen molar-refractivity contribution >= 4 is 11.6 Å². The average molecular weight is 277 g/mol. The number of hydrogen-bond acceptors (Lipinski definition) is 3. The third kappa shape index (κ3) is 5.39. The number of nitrogens with zero attached hydrogens (tertiary/aromatic N) is 1. The standard InChI is InChI=1S/C15H17ClN2O/c16-14-6-4-13(5-7-14)12-19-10-9-17-11-15-3-1-2-8-18-15/h1-8,17H,9-12H2. The first-order valence-corrected chi connectivity index (χ1v) is 6.65. The van der Waals surface area contributed by atoms with Crippen LogP contribution in [-0.2, 0) is 17.9 Å². The summed E-state index contributed by atoms with van der Waals surface area (Å²) < 4.78 is 5.57. The predicted octanol–water partition coefficient (Wildman–Crippen LogP) is 3.04. The highest BCUT2D eigenvalue weighted by Crippen LogP contribution is 2.09. The van der Waals surface area contributed by atoms with Crippen molar-refractivity contribution in [2.75, 3.05) is 13.2 Å². The molecule has 1 N–H and O–H groups in total. The van der Waals surface area contributed by atoms with Gasteiger partial charge in [-0.3, -0.25) is 4.98 Å². The molecule has 0 radical (unpaired) electrons. The van der Waals surface area contributed by atoms with Crippen molar-refractivity contribution in [2.45, 2.75) is 13.2 Å². The molecule has 0 aliphatic carbocycles. The van der Waals surface area contributed by atoms with Crippen LogP contribution in [0.2, 0.25) is 5.02 Å². The molecule has 0 saturated heterocycles. The minimum absolute atomic E-state index is 0.614. The molecule has 1 heterocycles. The number of aromatic nitrogens is 1. The van der Waals surface area contributed by atoms with Crippen molar-refractivity contribution in [3.63, 3.8) is 0 Å². The normalized spacial score (nSPS) is 10.6. The van der Waals surface area contributed by atoms with Gasteiger partial charge in [0.25, 0.3) is 0 Å². The molecule has 100 valence electrons. The van der Waals surface area contributed by atoms with Gasteiger partial charge in [-0.1, -0.05) is 29.8 Å². The Balaban J connectivity index is 1.56. The highest BCUT2D eigenvalue weighted by atomic mass is 35.5. The number of rotatable bonds is 7. The zero-order valence-corrected chi connectivity index (χ0v) is 11.4. The number of benzene rings is 1. The van der Waals surface area contributed by atoms with Crippen LogP contribution >= 0.6 is 11.6 Å². The van der Waals surface area contributed by atoms with Crippen LogP contribution in [0.15, 0.2) is 48.7 Å². The van der Waals surface area contributed by atoms with E-state index in [0.29, 0.717) is 13.2 Å². The molecule has 4 heteroatoms. The van der Waals surface area contributed by atoms with E-state index >= 15 is 0 Å². The average Bonchev–Trinajstić information content (AvgIpc) is 2.46. The van der Waals surface area contributed by atoms with Gasteiger partial charge < -0.3 is 10.1 Å². The van der Waals surface area contributed by atoms with Gasteiger partial charge in [-0.05, 0) is 29.8 Å². The Morgan fingerprint density at radius 3 is 2.68 bits per heavy atom. The van der Waals surface area contributed by atoms with Gasteiger partial charge in [0, 0.05) is 24.3 Å². The van der Waals surface area contributed by atoms with Gasteiger partial charge in [0.2, 0.25) is 0 Å². The molecule has 3 nitrogen and oxygen atoms in total. The summed E-state index contributed by atoms with van der Waals surface area (Å²) in [6, 6.07) is 13.6. The van der Waals surface area contributed by atoms with Crippen LogP contribution in [-0.4, -0.2) is 18.1 Å². The molecule has 2 aromatic rings. The van der Waals surface area contributed by atoms with E-state index in [1.807, 2.05) is 42.5 Å². The number of pyridine rings is 1. The molecular weight excluding hydrogens is 260 g/mol. The molecule has 2 rings (SSSR count). The van der Waals surface area contributed by atoms with Crippen LogP contribution in [0.4, 0.5) is 0 Å². The molecule has 19 heavy (non-hydrogen) atoms. The monoisotopic (exact) mass is 276 g/mol. The summed E-state index contributed by atoms with van der Waals surface area (Å²) in [7, 11) is 0. The molecular formula is C15H17ClN2O. The molecule has 0 fully saturated rings.